The summed E-state index contributed by atoms with van der Waals surface area (Å²) in [5, 5.41) is 14.1. The lowest BCUT2D eigenvalue weighted by Crippen LogP contribution is -2.43. The molecule has 1 N–H and O–H groups in total. The number of benzene rings is 2. The molecule has 0 amide bonds. The Bertz CT molecular complexity index is 1210. The number of piperazine rings is 1. The number of aromatic nitrogens is 1. The minimum absolute atomic E-state index is 0. The highest BCUT2D eigenvalue weighted by Gasteiger charge is 2.25. The van der Waals surface area contributed by atoms with E-state index >= 15 is 0 Å². The van der Waals surface area contributed by atoms with Crippen molar-refractivity contribution in [1.82, 2.24) is 9.29 Å². The van der Waals surface area contributed by atoms with Gasteiger partial charge in [-0.2, -0.15) is 5.26 Å². The number of nitrogens with zero attached hydrogens (tertiary/aromatic N) is 3. The van der Waals surface area contributed by atoms with E-state index in [1.165, 1.54) is 22.3 Å². The Kier molecular flexibility index (Phi) is 6.46. The summed E-state index contributed by atoms with van der Waals surface area (Å²) in [4.78, 5) is 2.13. The average molecular weight is 516 g/mol. The van der Waals surface area contributed by atoms with Gasteiger partial charge in [-0.15, -0.1) is 12.4 Å². The van der Waals surface area contributed by atoms with E-state index in [1.807, 2.05) is 6.07 Å². The topological polar surface area (TPSA) is 78.1 Å². The third kappa shape index (κ3) is 3.86. The van der Waals surface area contributed by atoms with Gasteiger partial charge in [0, 0.05) is 42.2 Å². The largest absolute Gasteiger partial charge is 0.367 e. The van der Waals surface area contributed by atoms with Crippen LogP contribution in [-0.4, -0.2) is 38.6 Å². The molecule has 1 aliphatic heterocycles. The van der Waals surface area contributed by atoms with E-state index < -0.39 is 10.0 Å². The molecular weight excluding hydrogens is 499 g/mol. The molecular formula is C19H17BrCl2N4O2S. The lowest BCUT2D eigenvalue weighted by atomic mass is 10.2. The lowest BCUT2D eigenvalue weighted by molar-refractivity contribution is 0.588. The Labute approximate surface area is 188 Å². The third-order valence-corrected chi connectivity index (χ3v) is 7.34. The molecule has 1 aromatic heterocycles. The second-order valence-electron chi connectivity index (χ2n) is 6.43. The van der Waals surface area contributed by atoms with E-state index in [2.05, 4.69) is 26.1 Å². The van der Waals surface area contributed by atoms with Gasteiger partial charge in [-0.1, -0.05) is 27.5 Å². The van der Waals surface area contributed by atoms with Crippen molar-refractivity contribution in [3.8, 4) is 6.07 Å². The maximum Gasteiger partial charge on any atom is 0.269 e. The molecule has 2 aromatic carbocycles. The van der Waals surface area contributed by atoms with Gasteiger partial charge < -0.3 is 10.2 Å². The van der Waals surface area contributed by atoms with Crippen LogP contribution in [0.2, 0.25) is 5.02 Å². The predicted molar refractivity (Wildman–Crippen MR) is 121 cm³/mol. The van der Waals surface area contributed by atoms with Gasteiger partial charge in [-0.05, 0) is 36.4 Å². The third-order valence-electron chi connectivity index (χ3n) is 4.79. The normalized spacial score (nSPS) is 14.4. The number of halogens is 3. The quantitative estimate of drug-likeness (QED) is 0.570. The lowest BCUT2D eigenvalue weighted by Gasteiger charge is -2.30. The summed E-state index contributed by atoms with van der Waals surface area (Å²) in [6.07, 6.45) is 1.52. The van der Waals surface area contributed by atoms with Gasteiger partial charge in [-0.3, -0.25) is 0 Å². The highest BCUT2D eigenvalue weighted by Crippen LogP contribution is 2.36. The fourth-order valence-electron chi connectivity index (χ4n) is 3.49. The smallest absolute Gasteiger partial charge is 0.269 e. The van der Waals surface area contributed by atoms with Gasteiger partial charge in [0.05, 0.1) is 21.8 Å². The fraction of sp³-hybridized carbons (Fsp3) is 0.211. The Hall–Kier alpha value is -1.76. The van der Waals surface area contributed by atoms with Gasteiger partial charge in [0.25, 0.3) is 10.0 Å². The van der Waals surface area contributed by atoms with Crippen molar-refractivity contribution in [2.24, 2.45) is 0 Å². The first-order valence-electron chi connectivity index (χ1n) is 8.64. The molecule has 0 spiro atoms. The first-order chi connectivity index (χ1) is 13.4. The highest BCUT2D eigenvalue weighted by atomic mass is 79.9. The number of nitrogens with one attached hydrogen (secondary N) is 1. The molecule has 29 heavy (non-hydrogen) atoms. The summed E-state index contributed by atoms with van der Waals surface area (Å²) >= 11 is 9.75. The Morgan fingerprint density at radius 1 is 1.14 bits per heavy atom. The highest BCUT2D eigenvalue weighted by molar-refractivity contribution is 9.10. The Morgan fingerprint density at radius 3 is 2.55 bits per heavy atom. The van der Waals surface area contributed by atoms with E-state index in [9.17, 15) is 13.7 Å². The zero-order valence-corrected chi connectivity index (χ0v) is 19.1. The van der Waals surface area contributed by atoms with Crippen molar-refractivity contribution >= 4 is 66.6 Å². The number of fused-ring (bicyclic) bond motifs is 1. The summed E-state index contributed by atoms with van der Waals surface area (Å²) in [5.41, 5.74) is 1.46. The predicted octanol–water partition coefficient (Wildman–Crippen LogP) is 4.00. The van der Waals surface area contributed by atoms with Crippen molar-refractivity contribution in [1.29, 1.82) is 5.26 Å². The zero-order valence-electron chi connectivity index (χ0n) is 15.1. The summed E-state index contributed by atoms with van der Waals surface area (Å²) in [6.45, 7) is 3.27. The van der Waals surface area contributed by atoms with Crippen LogP contribution in [0.15, 0.2) is 52.0 Å². The van der Waals surface area contributed by atoms with E-state index in [0.717, 1.165) is 37.3 Å². The van der Waals surface area contributed by atoms with E-state index in [1.54, 1.807) is 24.3 Å². The molecule has 0 bridgehead atoms. The van der Waals surface area contributed by atoms with Crippen molar-refractivity contribution in [2.45, 2.75) is 4.90 Å². The minimum Gasteiger partial charge on any atom is -0.367 e. The van der Waals surface area contributed by atoms with Gasteiger partial charge in [-0.25, -0.2) is 12.4 Å². The fourth-order valence-corrected chi connectivity index (χ4v) is 5.61. The molecule has 0 aliphatic carbocycles. The van der Waals surface area contributed by atoms with Crippen molar-refractivity contribution in [3.63, 3.8) is 0 Å². The Morgan fingerprint density at radius 2 is 1.86 bits per heavy atom. The summed E-state index contributed by atoms with van der Waals surface area (Å²) < 4.78 is 28.5. The van der Waals surface area contributed by atoms with Crippen LogP contribution in [0.25, 0.3) is 10.9 Å². The number of anilines is 1. The van der Waals surface area contributed by atoms with Crippen LogP contribution >= 0.6 is 39.9 Å². The van der Waals surface area contributed by atoms with Crippen molar-refractivity contribution in [3.05, 3.63) is 57.7 Å². The maximum absolute atomic E-state index is 13.3. The van der Waals surface area contributed by atoms with Crippen LogP contribution in [0.4, 0.5) is 5.69 Å². The molecule has 1 fully saturated rings. The molecule has 3 aromatic rings. The molecule has 0 atom stereocenters. The number of hydrogen-bond donors (Lipinski definition) is 1. The van der Waals surface area contributed by atoms with Gasteiger partial charge in [0.2, 0.25) is 0 Å². The zero-order chi connectivity index (χ0) is 19.9. The van der Waals surface area contributed by atoms with Crippen LogP contribution in [-0.2, 0) is 10.0 Å². The van der Waals surface area contributed by atoms with Crippen LogP contribution in [0.1, 0.15) is 5.56 Å². The minimum atomic E-state index is -3.94. The van der Waals surface area contributed by atoms with E-state index in [4.69, 9.17) is 11.6 Å². The number of nitriles is 1. The second kappa shape index (κ2) is 8.54. The molecule has 152 valence electrons. The SMILES string of the molecule is Cl.N#Cc1cc(Br)ccc1S(=O)(=O)n1ccc2c(N3CCNCC3)c(Cl)ccc21. The molecule has 0 unspecified atom stereocenters. The van der Waals surface area contributed by atoms with Crippen LogP contribution in [0.5, 0.6) is 0 Å². The van der Waals surface area contributed by atoms with Gasteiger partial charge in [0.1, 0.15) is 11.0 Å². The van der Waals surface area contributed by atoms with E-state index in [-0.39, 0.29) is 22.9 Å². The molecule has 1 aliphatic rings. The Balaban J connectivity index is 0.00000240. The monoisotopic (exact) mass is 514 g/mol. The molecule has 4 rings (SSSR count). The summed E-state index contributed by atoms with van der Waals surface area (Å²) in [5.74, 6) is 0. The first kappa shape index (κ1) is 21.9. The first-order valence-corrected chi connectivity index (χ1v) is 11.2. The summed E-state index contributed by atoms with van der Waals surface area (Å²) in [6, 6.07) is 11.7. The maximum atomic E-state index is 13.3. The standard InChI is InChI=1S/C19H16BrClN4O2S.ClH/c20-14-1-4-18(13(11-14)12-22)28(26,27)25-8-5-15-17(25)3-2-16(21)19(15)24-9-6-23-7-10-24;/h1-5,8,11,23H,6-7,9-10H2;1H. The molecule has 1 saturated heterocycles. The van der Waals surface area contributed by atoms with Gasteiger partial charge in [0.15, 0.2) is 0 Å². The molecule has 2 heterocycles. The summed E-state index contributed by atoms with van der Waals surface area (Å²) in [7, 11) is -3.94. The average Bonchev–Trinajstić information content (AvgIpc) is 3.13. The van der Waals surface area contributed by atoms with E-state index in [0.29, 0.717) is 15.0 Å². The number of rotatable bonds is 3. The number of hydrogen-bond acceptors (Lipinski definition) is 5. The molecule has 0 radical (unpaired) electrons. The second-order valence-corrected chi connectivity index (χ2v) is 9.54. The van der Waals surface area contributed by atoms with Crippen LogP contribution in [0, 0.1) is 11.3 Å². The van der Waals surface area contributed by atoms with Crippen molar-refractivity contribution in [2.75, 3.05) is 31.1 Å². The van der Waals surface area contributed by atoms with Crippen LogP contribution in [0.3, 0.4) is 0 Å². The van der Waals surface area contributed by atoms with Gasteiger partial charge >= 0.3 is 0 Å². The van der Waals surface area contributed by atoms with Crippen molar-refractivity contribution < 1.29 is 8.42 Å². The molecule has 6 nitrogen and oxygen atoms in total. The molecule has 10 heteroatoms. The van der Waals surface area contributed by atoms with Crippen LogP contribution < -0.4 is 10.2 Å². The molecule has 0 saturated carbocycles.